The second-order valence-electron chi connectivity index (χ2n) is 8.86. The lowest BCUT2D eigenvalue weighted by Gasteiger charge is -2.24. The molecule has 2 amide bonds. The normalized spacial score (nSPS) is 12.2. The topological polar surface area (TPSA) is 133 Å². The lowest BCUT2D eigenvalue weighted by molar-refractivity contribution is 0.0587. The van der Waals surface area contributed by atoms with E-state index in [0.29, 0.717) is 23.0 Å². The summed E-state index contributed by atoms with van der Waals surface area (Å²) in [6.45, 7) is 7.27. The summed E-state index contributed by atoms with van der Waals surface area (Å²) >= 11 is 6.20. The quantitative estimate of drug-likeness (QED) is 0.368. The van der Waals surface area contributed by atoms with Gasteiger partial charge >= 0.3 is 6.09 Å². The first kappa shape index (κ1) is 25.9. The average Bonchev–Trinajstić information content (AvgIpc) is 3.19. The van der Waals surface area contributed by atoms with Crippen LogP contribution in [0, 0.1) is 0 Å². The summed E-state index contributed by atoms with van der Waals surface area (Å²) in [5, 5.41) is 7.17. The van der Waals surface area contributed by atoms with E-state index < -0.39 is 17.6 Å². The van der Waals surface area contributed by atoms with Crippen molar-refractivity contribution in [2.75, 3.05) is 31.4 Å². The fourth-order valence-corrected chi connectivity index (χ4v) is 3.29. The van der Waals surface area contributed by atoms with E-state index in [9.17, 15) is 9.59 Å². The number of nitrogens with one attached hydrogen (secondary N) is 1. The van der Waals surface area contributed by atoms with Crippen LogP contribution in [0.3, 0.4) is 0 Å². The maximum atomic E-state index is 12.9. The molecule has 2 heterocycles. The Morgan fingerprint density at radius 2 is 2.00 bits per heavy atom. The first-order chi connectivity index (χ1) is 16.4. The minimum Gasteiger partial charge on any atom is -0.495 e. The van der Waals surface area contributed by atoms with Crippen LogP contribution in [0.4, 0.5) is 16.3 Å². The number of nitrogen functional groups attached to an aromatic ring is 1. The summed E-state index contributed by atoms with van der Waals surface area (Å²) in [5.74, 6) is 0.964. The van der Waals surface area contributed by atoms with Crippen molar-refractivity contribution in [2.45, 2.75) is 39.3 Å². The fourth-order valence-electron chi connectivity index (χ4n) is 3.11. The van der Waals surface area contributed by atoms with Crippen molar-refractivity contribution < 1.29 is 23.8 Å². The van der Waals surface area contributed by atoms with Gasteiger partial charge in [-0.15, -0.1) is 0 Å². The summed E-state index contributed by atoms with van der Waals surface area (Å²) in [6, 6.07) is 6.18. The molecule has 1 aromatic carbocycles. The number of aromatic nitrogens is 3. The zero-order valence-corrected chi connectivity index (χ0v) is 21.2. The van der Waals surface area contributed by atoms with Gasteiger partial charge in [-0.05, 0) is 39.8 Å². The molecule has 12 heteroatoms. The summed E-state index contributed by atoms with van der Waals surface area (Å²) in [7, 11) is 3.05. The van der Waals surface area contributed by atoms with Gasteiger partial charge in [0.2, 0.25) is 0 Å². The third-order valence-electron chi connectivity index (χ3n) is 4.76. The van der Waals surface area contributed by atoms with Crippen molar-refractivity contribution in [3.63, 3.8) is 0 Å². The maximum absolute atomic E-state index is 12.9. The van der Waals surface area contributed by atoms with Gasteiger partial charge in [-0.2, -0.15) is 9.61 Å². The lowest BCUT2D eigenvalue weighted by Crippen LogP contribution is -2.37. The number of methoxy groups -OCH3 is 1. The standard InChI is InChI=1S/C23H29ClN6O5/c1-13(12-34-14-7-8-17(33-6)16(25)9-14)27-21(31)15-11-26-30-19(10-18(24)28-20(15)30)29(5)22(32)35-23(2,3)4/h7-11,13H,12,25H2,1-6H3,(H,27,31)/t13-/m1/s1. The van der Waals surface area contributed by atoms with Crippen LogP contribution in [-0.4, -0.2) is 59.0 Å². The average molecular weight is 505 g/mol. The Bertz CT molecular complexity index is 1240. The molecule has 0 bridgehead atoms. The van der Waals surface area contributed by atoms with E-state index in [1.54, 1.807) is 45.9 Å². The van der Waals surface area contributed by atoms with E-state index in [1.807, 2.05) is 0 Å². The van der Waals surface area contributed by atoms with Gasteiger partial charge in [0.25, 0.3) is 5.91 Å². The van der Waals surface area contributed by atoms with Crippen LogP contribution in [0.1, 0.15) is 38.1 Å². The molecule has 35 heavy (non-hydrogen) atoms. The first-order valence-corrected chi connectivity index (χ1v) is 11.2. The van der Waals surface area contributed by atoms with Crippen molar-refractivity contribution in [3.05, 3.63) is 41.2 Å². The lowest BCUT2D eigenvalue weighted by atomic mass is 10.2. The van der Waals surface area contributed by atoms with E-state index in [4.69, 9.17) is 31.5 Å². The number of benzene rings is 1. The zero-order chi connectivity index (χ0) is 25.9. The van der Waals surface area contributed by atoms with Crippen molar-refractivity contribution >= 4 is 40.8 Å². The van der Waals surface area contributed by atoms with E-state index in [2.05, 4.69) is 15.4 Å². The molecule has 0 spiro atoms. The Hall–Kier alpha value is -3.73. The zero-order valence-electron chi connectivity index (χ0n) is 20.5. The molecule has 11 nitrogen and oxygen atoms in total. The Balaban J connectivity index is 1.74. The molecule has 0 aliphatic heterocycles. The molecule has 2 aromatic heterocycles. The number of hydrogen-bond acceptors (Lipinski definition) is 8. The van der Waals surface area contributed by atoms with Gasteiger partial charge in [0.1, 0.15) is 40.2 Å². The van der Waals surface area contributed by atoms with Crippen LogP contribution in [-0.2, 0) is 4.74 Å². The Morgan fingerprint density at radius 3 is 2.63 bits per heavy atom. The summed E-state index contributed by atoms with van der Waals surface area (Å²) < 4.78 is 17.6. The van der Waals surface area contributed by atoms with Crippen LogP contribution in [0.2, 0.25) is 5.15 Å². The molecule has 0 aliphatic rings. The summed E-state index contributed by atoms with van der Waals surface area (Å²) in [5.41, 5.74) is 6.03. The van der Waals surface area contributed by atoms with Crippen LogP contribution < -0.4 is 25.4 Å². The number of hydrogen-bond donors (Lipinski definition) is 2. The molecule has 188 valence electrons. The van der Waals surface area contributed by atoms with Crippen molar-refractivity contribution in [1.29, 1.82) is 0 Å². The number of nitrogens with two attached hydrogens (primary N) is 1. The number of anilines is 2. The Labute approximate surface area is 208 Å². The minimum atomic E-state index is -0.688. The summed E-state index contributed by atoms with van der Waals surface area (Å²) in [6.07, 6.45) is 0.755. The van der Waals surface area contributed by atoms with Gasteiger partial charge in [-0.1, -0.05) is 11.6 Å². The Morgan fingerprint density at radius 1 is 1.29 bits per heavy atom. The smallest absolute Gasteiger partial charge is 0.415 e. The molecular formula is C23H29ClN6O5. The second kappa shape index (κ2) is 10.3. The third-order valence-corrected chi connectivity index (χ3v) is 4.95. The molecule has 1 atom stereocenters. The predicted octanol–water partition coefficient (Wildman–Crippen LogP) is 3.54. The molecule has 3 rings (SSSR count). The monoisotopic (exact) mass is 504 g/mol. The van der Waals surface area contributed by atoms with E-state index >= 15 is 0 Å². The Kier molecular flexibility index (Phi) is 7.59. The fraction of sp³-hybridized carbons (Fsp3) is 0.391. The molecular weight excluding hydrogens is 476 g/mol. The molecule has 3 N–H and O–H groups in total. The predicted molar refractivity (Wildman–Crippen MR) is 132 cm³/mol. The second-order valence-corrected chi connectivity index (χ2v) is 9.25. The van der Waals surface area contributed by atoms with E-state index in [-0.39, 0.29) is 29.0 Å². The number of nitrogens with zero attached hydrogens (tertiary/aromatic N) is 4. The van der Waals surface area contributed by atoms with Crippen LogP contribution in [0.5, 0.6) is 11.5 Å². The number of rotatable bonds is 7. The number of amides is 2. The highest BCUT2D eigenvalue weighted by Crippen LogP contribution is 2.26. The number of carbonyl (C=O) groups is 2. The molecule has 0 saturated carbocycles. The van der Waals surface area contributed by atoms with Gasteiger partial charge in [0, 0.05) is 19.2 Å². The largest absolute Gasteiger partial charge is 0.495 e. The first-order valence-electron chi connectivity index (χ1n) is 10.8. The van der Waals surface area contributed by atoms with Gasteiger partial charge in [-0.3, -0.25) is 9.69 Å². The third kappa shape index (κ3) is 6.24. The molecule has 0 radical (unpaired) electrons. The van der Waals surface area contributed by atoms with Crippen molar-refractivity contribution in [2.24, 2.45) is 0 Å². The molecule has 0 fully saturated rings. The minimum absolute atomic E-state index is 0.0888. The number of halogens is 1. The van der Waals surface area contributed by atoms with Gasteiger partial charge in [-0.25, -0.2) is 9.78 Å². The van der Waals surface area contributed by atoms with Gasteiger partial charge in [0.05, 0.1) is 25.0 Å². The van der Waals surface area contributed by atoms with Crippen LogP contribution in [0.15, 0.2) is 30.5 Å². The molecule has 0 unspecified atom stereocenters. The highest BCUT2D eigenvalue weighted by atomic mass is 35.5. The number of carbonyl (C=O) groups excluding carboxylic acids is 2. The van der Waals surface area contributed by atoms with Crippen LogP contribution in [0.25, 0.3) is 5.65 Å². The molecule has 3 aromatic rings. The van der Waals surface area contributed by atoms with E-state index in [0.717, 1.165) is 0 Å². The maximum Gasteiger partial charge on any atom is 0.415 e. The van der Waals surface area contributed by atoms with Crippen molar-refractivity contribution in [1.82, 2.24) is 19.9 Å². The van der Waals surface area contributed by atoms with Crippen molar-refractivity contribution in [3.8, 4) is 11.5 Å². The molecule has 0 saturated heterocycles. The van der Waals surface area contributed by atoms with Crippen LogP contribution >= 0.6 is 11.6 Å². The van der Waals surface area contributed by atoms with Gasteiger partial charge in [0.15, 0.2) is 5.65 Å². The van der Waals surface area contributed by atoms with Gasteiger partial charge < -0.3 is 25.3 Å². The highest BCUT2D eigenvalue weighted by molar-refractivity contribution is 6.30. The molecule has 0 aliphatic carbocycles. The number of ether oxygens (including phenoxy) is 3. The summed E-state index contributed by atoms with van der Waals surface area (Å²) in [4.78, 5) is 31.0. The number of fused-ring (bicyclic) bond motifs is 1. The van der Waals surface area contributed by atoms with E-state index in [1.165, 1.54) is 35.8 Å². The SMILES string of the molecule is COc1ccc(OC[C@@H](C)NC(=O)c2cnn3c(N(C)C(=O)OC(C)(C)C)cc(Cl)nc23)cc1N. The highest BCUT2D eigenvalue weighted by Gasteiger charge is 2.25.